The van der Waals surface area contributed by atoms with Gasteiger partial charge in [-0.05, 0) is 12.8 Å². The van der Waals surface area contributed by atoms with Crippen molar-refractivity contribution >= 4 is 5.91 Å². The molecule has 2 aliphatic rings. The highest BCUT2D eigenvalue weighted by Crippen LogP contribution is 2.13. The van der Waals surface area contributed by atoms with E-state index in [0.29, 0.717) is 6.54 Å². The second-order valence-electron chi connectivity index (χ2n) is 4.22. The minimum absolute atomic E-state index is 0.252. The Balaban J connectivity index is 1.88. The summed E-state index contributed by atoms with van der Waals surface area (Å²) in [5.41, 5.74) is 0. The highest BCUT2D eigenvalue weighted by Gasteiger charge is 2.26. The van der Waals surface area contributed by atoms with Crippen molar-refractivity contribution in [3.8, 4) is 0 Å². The molecule has 2 rings (SSSR count). The molecule has 4 nitrogen and oxygen atoms in total. The standard InChI is InChI=1S/C10H19N3O/c1-11-7-8-13(9-10(11)14)12-5-3-2-4-6-12/h2-9H2,1H3. The van der Waals surface area contributed by atoms with E-state index in [4.69, 9.17) is 0 Å². The normalized spacial score (nSPS) is 26.9. The van der Waals surface area contributed by atoms with Crippen LogP contribution in [0.1, 0.15) is 19.3 Å². The molecule has 0 N–H and O–H groups in total. The van der Waals surface area contributed by atoms with Gasteiger partial charge in [-0.1, -0.05) is 6.42 Å². The number of likely N-dealkylation sites (N-methyl/N-ethyl adjacent to an activating group) is 1. The summed E-state index contributed by atoms with van der Waals surface area (Å²) in [6, 6.07) is 0. The van der Waals surface area contributed by atoms with Gasteiger partial charge >= 0.3 is 0 Å². The summed E-state index contributed by atoms with van der Waals surface area (Å²) in [5, 5.41) is 4.58. The monoisotopic (exact) mass is 197 g/mol. The second kappa shape index (κ2) is 4.28. The lowest BCUT2D eigenvalue weighted by Gasteiger charge is -2.41. The van der Waals surface area contributed by atoms with Gasteiger partial charge in [0.1, 0.15) is 0 Å². The van der Waals surface area contributed by atoms with Crippen LogP contribution >= 0.6 is 0 Å². The zero-order chi connectivity index (χ0) is 9.97. The number of hydrogen-bond donors (Lipinski definition) is 0. The lowest BCUT2D eigenvalue weighted by molar-refractivity contribution is -0.145. The topological polar surface area (TPSA) is 26.8 Å². The van der Waals surface area contributed by atoms with E-state index in [0.717, 1.165) is 26.2 Å². The summed E-state index contributed by atoms with van der Waals surface area (Å²) in [6.07, 6.45) is 3.90. The predicted octanol–water partition coefficient (Wildman–Crippen LogP) is 0.161. The van der Waals surface area contributed by atoms with Crippen LogP contribution in [0.5, 0.6) is 0 Å². The third kappa shape index (κ3) is 2.07. The molecule has 0 radical (unpaired) electrons. The van der Waals surface area contributed by atoms with E-state index >= 15 is 0 Å². The number of hydrazine groups is 1. The van der Waals surface area contributed by atoms with E-state index in [1.807, 2.05) is 11.9 Å². The largest absolute Gasteiger partial charge is 0.343 e. The van der Waals surface area contributed by atoms with Crippen LogP contribution in [0.4, 0.5) is 0 Å². The maximum atomic E-state index is 11.5. The van der Waals surface area contributed by atoms with Gasteiger partial charge < -0.3 is 4.90 Å². The summed E-state index contributed by atoms with van der Waals surface area (Å²) >= 11 is 0. The highest BCUT2D eigenvalue weighted by molar-refractivity contribution is 5.78. The fourth-order valence-corrected chi connectivity index (χ4v) is 2.15. The van der Waals surface area contributed by atoms with E-state index in [9.17, 15) is 4.79 Å². The molecule has 0 atom stereocenters. The summed E-state index contributed by atoms with van der Waals surface area (Å²) in [4.78, 5) is 13.3. The molecule has 0 aromatic heterocycles. The number of piperazine rings is 1. The van der Waals surface area contributed by atoms with Crippen molar-refractivity contribution in [2.75, 3.05) is 39.8 Å². The molecule has 0 aromatic carbocycles. The van der Waals surface area contributed by atoms with Crippen LogP contribution in [-0.2, 0) is 4.79 Å². The first kappa shape index (κ1) is 9.93. The molecule has 2 fully saturated rings. The van der Waals surface area contributed by atoms with Crippen LogP contribution in [0, 0.1) is 0 Å². The van der Waals surface area contributed by atoms with Gasteiger partial charge in [-0.3, -0.25) is 4.79 Å². The third-order valence-corrected chi connectivity index (χ3v) is 3.17. The first-order valence-corrected chi connectivity index (χ1v) is 5.51. The first-order chi connectivity index (χ1) is 6.77. The Morgan fingerprint density at radius 1 is 0.929 bits per heavy atom. The number of carbonyl (C=O) groups excluding carboxylic acids is 1. The van der Waals surface area contributed by atoms with Gasteiger partial charge in [0.25, 0.3) is 0 Å². The van der Waals surface area contributed by atoms with Gasteiger partial charge in [-0.15, -0.1) is 0 Å². The number of amides is 1. The summed E-state index contributed by atoms with van der Waals surface area (Å²) in [6.45, 7) is 4.72. The number of rotatable bonds is 1. The maximum absolute atomic E-state index is 11.5. The second-order valence-corrected chi connectivity index (χ2v) is 4.22. The Morgan fingerprint density at radius 2 is 1.64 bits per heavy atom. The molecule has 2 heterocycles. The van der Waals surface area contributed by atoms with Crippen molar-refractivity contribution in [2.45, 2.75) is 19.3 Å². The van der Waals surface area contributed by atoms with Crippen molar-refractivity contribution in [1.82, 2.24) is 14.9 Å². The van der Waals surface area contributed by atoms with Crippen molar-refractivity contribution in [3.05, 3.63) is 0 Å². The molecule has 1 amide bonds. The van der Waals surface area contributed by atoms with Crippen molar-refractivity contribution in [3.63, 3.8) is 0 Å². The molecule has 0 unspecified atom stereocenters. The van der Waals surface area contributed by atoms with Crippen LogP contribution in [0.25, 0.3) is 0 Å². The smallest absolute Gasteiger partial charge is 0.238 e. The number of nitrogens with zero attached hydrogens (tertiary/aromatic N) is 3. The Labute approximate surface area is 85.4 Å². The van der Waals surface area contributed by atoms with Gasteiger partial charge in [0, 0.05) is 33.2 Å². The number of piperidine rings is 1. The molecule has 14 heavy (non-hydrogen) atoms. The number of hydrogen-bond acceptors (Lipinski definition) is 3. The third-order valence-electron chi connectivity index (χ3n) is 3.17. The van der Waals surface area contributed by atoms with Crippen LogP contribution in [0.15, 0.2) is 0 Å². The van der Waals surface area contributed by atoms with Crippen molar-refractivity contribution < 1.29 is 4.79 Å². The van der Waals surface area contributed by atoms with Crippen LogP contribution in [-0.4, -0.2) is 60.6 Å². The average molecular weight is 197 g/mol. The molecule has 0 aromatic rings. The molecule has 80 valence electrons. The SMILES string of the molecule is CN1CCN(N2CCCCC2)CC1=O. The van der Waals surface area contributed by atoms with Gasteiger partial charge in [0.05, 0.1) is 6.54 Å². The summed E-state index contributed by atoms with van der Waals surface area (Å²) in [5.74, 6) is 0.252. The lowest BCUT2D eigenvalue weighted by Crippen LogP contribution is -2.56. The van der Waals surface area contributed by atoms with Crippen LogP contribution in [0.2, 0.25) is 0 Å². The van der Waals surface area contributed by atoms with Crippen molar-refractivity contribution in [1.29, 1.82) is 0 Å². The minimum Gasteiger partial charge on any atom is -0.343 e. The molecule has 0 saturated carbocycles. The van der Waals surface area contributed by atoms with Crippen molar-refractivity contribution in [2.24, 2.45) is 0 Å². The van der Waals surface area contributed by atoms with E-state index < -0.39 is 0 Å². The maximum Gasteiger partial charge on any atom is 0.238 e. The summed E-state index contributed by atoms with van der Waals surface area (Å²) < 4.78 is 0. The molecule has 4 heteroatoms. The summed E-state index contributed by atoms with van der Waals surface area (Å²) in [7, 11) is 1.88. The Hall–Kier alpha value is -0.610. The zero-order valence-electron chi connectivity index (χ0n) is 8.91. The van der Waals surface area contributed by atoms with E-state index in [-0.39, 0.29) is 5.91 Å². The van der Waals surface area contributed by atoms with Gasteiger partial charge in [-0.25, -0.2) is 10.0 Å². The van der Waals surface area contributed by atoms with Crippen LogP contribution < -0.4 is 0 Å². The number of carbonyl (C=O) groups is 1. The average Bonchev–Trinajstić information content (AvgIpc) is 2.23. The fourth-order valence-electron chi connectivity index (χ4n) is 2.15. The molecule has 2 saturated heterocycles. The molecule has 2 aliphatic heterocycles. The van der Waals surface area contributed by atoms with E-state index in [1.54, 1.807) is 0 Å². The van der Waals surface area contributed by atoms with E-state index in [2.05, 4.69) is 10.0 Å². The molecular formula is C10H19N3O. The molecular weight excluding hydrogens is 178 g/mol. The van der Waals surface area contributed by atoms with E-state index in [1.165, 1.54) is 19.3 Å². The van der Waals surface area contributed by atoms with Gasteiger partial charge in [0.2, 0.25) is 5.91 Å². The Bertz CT molecular complexity index is 213. The molecule has 0 spiro atoms. The van der Waals surface area contributed by atoms with Gasteiger partial charge in [0.15, 0.2) is 0 Å². The fraction of sp³-hybridized carbons (Fsp3) is 0.900. The quantitative estimate of drug-likeness (QED) is 0.599. The molecule has 0 bridgehead atoms. The first-order valence-electron chi connectivity index (χ1n) is 5.51. The highest BCUT2D eigenvalue weighted by atomic mass is 16.2. The molecule has 0 aliphatic carbocycles. The zero-order valence-corrected chi connectivity index (χ0v) is 8.91. The Morgan fingerprint density at radius 3 is 2.29 bits per heavy atom. The Kier molecular flexibility index (Phi) is 3.03. The predicted molar refractivity (Wildman–Crippen MR) is 54.6 cm³/mol. The minimum atomic E-state index is 0.252. The van der Waals surface area contributed by atoms with Crippen LogP contribution in [0.3, 0.4) is 0 Å². The van der Waals surface area contributed by atoms with Gasteiger partial charge in [-0.2, -0.15) is 0 Å². The lowest BCUT2D eigenvalue weighted by atomic mass is 10.1.